The van der Waals surface area contributed by atoms with Crippen molar-refractivity contribution in [2.24, 2.45) is 7.05 Å². The number of aryl methyl sites for hydroxylation is 1. The lowest BCUT2D eigenvalue weighted by atomic mass is 10.1. The third kappa shape index (κ3) is 2.77. The Hall–Kier alpha value is -2.30. The van der Waals surface area contributed by atoms with Gasteiger partial charge >= 0.3 is 0 Å². The summed E-state index contributed by atoms with van der Waals surface area (Å²) in [5, 5.41) is 0. The Morgan fingerprint density at radius 1 is 1.29 bits per heavy atom. The number of Topliss-reactive ketones (excluding diaryl/α,β-unsaturated/α-hetero) is 1. The molecule has 3 rings (SSSR count). The lowest BCUT2D eigenvalue weighted by Gasteiger charge is -2.08. The highest BCUT2D eigenvalue weighted by atomic mass is 16.5. The Morgan fingerprint density at radius 2 is 2.05 bits per heavy atom. The van der Waals surface area contributed by atoms with Gasteiger partial charge in [-0.1, -0.05) is 0 Å². The summed E-state index contributed by atoms with van der Waals surface area (Å²) >= 11 is 0. The van der Waals surface area contributed by atoms with Crippen LogP contribution in [0.25, 0.3) is 0 Å². The zero-order valence-corrected chi connectivity index (χ0v) is 12.3. The van der Waals surface area contributed by atoms with Crippen LogP contribution in [0.4, 0.5) is 0 Å². The van der Waals surface area contributed by atoms with Crippen LogP contribution in [0.3, 0.4) is 0 Å². The minimum Gasteiger partial charge on any atom is -0.490 e. The number of fused-ring (bicyclic) bond motifs is 1. The zero-order valence-electron chi connectivity index (χ0n) is 12.3. The van der Waals surface area contributed by atoms with E-state index < -0.39 is 0 Å². The summed E-state index contributed by atoms with van der Waals surface area (Å²) in [6.45, 7) is 3.59. The molecule has 0 bridgehead atoms. The summed E-state index contributed by atoms with van der Waals surface area (Å²) in [5.74, 6) is 2.48. The number of ether oxygens (including phenoxy) is 2. The van der Waals surface area contributed by atoms with E-state index in [9.17, 15) is 4.79 Å². The molecule has 0 atom stereocenters. The number of ketones is 1. The van der Waals surface area contributed by atoms with Crippen LogP contribution in [0, 0.1) is 6.92 Å². The molecule has 1 aromatic heterocycles. The van der Waals surface area contributed by atoms with E-state index in [1.165, 1.54) is 0 Å². The van der Waals surface area contributed by atoms with Gasteiger partial charge in [0.25, 0.3) is 5.82 Å². The Morgan fingerprint density at radius 3 is 2.76 bits per heavy atom. The zero-order chi connectivity index (χ0) is 14.8. The van der Waals surface area contributed by atoms with Crippen LogP contribution in [0.15, 0.2) is 30.6 Å². The van der Waals surface area contributed by atoms with Crippen molar-refractivity contribution in [2.75, 3.05) is 13.2 Å². The normalized spacial score (nSPS) is 13.8. The molecule has 0 saturated carbocycles. The number of carbonyl (C=O) groups is 1. The molecule has 2 heterocycles. The topological polar surface area (TPSA) is 44.3 Å². The third-order valence-corrected chi connectivity index (χ3v) is 3.78. The van der Waals surface area contributed by atoms with E-state index in [1.54, 1.807) is 12.1 Å². The number of hydrogen-bond acceptors (Lipinski definition) is 3. The van der Waals surface area contributed by atoms with Gasteiger partial charge in [0, 0.05) is 18.9 Å². The fourth-order valence-electron chi connectivity index (χ4n) is 2.35. The molecule has 0 saturated heterocycles. The summed E-state index contributed by atoms with van der Waals surface area (Å²) < 4.78 is 15.1. The molecule has 1 aliphatic rings. The highest BCUT2D eigenvalue weighted by Crippen LogP contribution is 2.30. The second kappa shape index (κ2) is 5.60. The van der Waals surface area contributed by atoms with Gasteiger partial charge in [0.05, 0.1) is 20.3 Å². The van der Waals surface area contributed by atoms with Crippen molar-refractivity contribution in [1.82, 2.24) is 4.57 Å². The molecule has 0 radical (unpaired) electrons. The minimum absolute atomic E-state index is 0.0601. The molecule has 1 aliphatic heterocycles. The SMILES string of the molecule is Cc1n(CC(=O)c2ccc3c(c2)OCCCO3)cc[n+]1C. The average molecular weight is 287 g/mol. The van der Waals surface area contributed by atoms with Crippen LogP contribution in [0.5, 0.6) is 11.5 Å². The first-order valence-electron chi connectivity index (χ1n) is 7.09. The van der Waals surface area contributed by atoms with Gasteiger partial charge in [0.1, 0.15) is 12.4 Å². The second-order valence-electron chi connectivity index (χ2n) is 5.22. The number of hydrogen-bond donors (Lipinski definition) is 0. The maximum Gasteiger partial charge on any atom is 0.253 e. The van der Waals surface area contributed by atoms with Gasteiger partial charge in [-0.2, -0.15) is 0 Å². The fraction of sp³-hybridized carbons (Fsp3) is 0.375. The van der Waals surface area contributed by atoms with Crippen molar-refractivity contribution < 1.29 is 18.8 Å². The van der Waals surface area contributed by atoms with Gasteiger partial charge in [-0.3, -0.25) is 4.79 Å². The van der Waals surface area contributed by atoms with E-state index >= 15 is 0 Å². The summed E-state index contributed by atoms with van der Waals surface area (Å²) in [4.78, 5) is 12.4. The molecular formula is C16H19N2O3+. The highest BCUT2D eigenvalue weighted by molar-refractivity contribution is 5.96. The molecular weight excluding hydrogens is 268 g/mol. The maximum absolute atomic E-state index is 12.4. The molecule has 0 fully saturated rings. The largest absolute Gasteiger partial charge is 0.490 e. The van der Waals surface area contributed by atoms with Crippen molar-refractivity contribution in [1.29, 1.82) is 0 Å². The van der Waals surface area contributed by atoms with Crippen LogP contribution in [0.1, 0.15) is 22.6 Å². The summed E-state index contributed by atoms with van der Waals surface area (Å²) in [6.07, 6.45) is 4.71. The summed E-state index contributed by atoms with van der Waals surface area (Å²) in [7, 11) is 1.96. The number of imidazole rings is 1. The molecule has 0 spiro atoms. The number of aromatic nitrogens is 2. The maximum atomic E-state index is 12.4. The number of carbonyl (C=O) groups excluding carboxylic acids is 1. The van der Waals surface area contributed by atoms with Crippen molar-refractivity contribution in [2.45, 2.75) is 19.9 Å². The predicted octanol–water partition coefficient (Wildman–Crippen LogP) is 1.67. The van der Waals surface area contributed by atoms with E-state index in [1.807, 2.05) is 41.6 Å². The van der Waals surface area contributed by atoms with Crippen molar-refractivity contribution >= 4 is 5.78 Å². The van der Waals surface area contributed by atoms with Crippen LogP contribution >= 0.6 is 0 Å². The Balaban J connectivity index is 1.82. The van der Waals surface area contributed by atoms with E-state index in [0.717, 1.165) is 12.2 Å². The Kier molecular flexibility index (Phi) is 3.64. The lowest BCUT2D eigenvalue weighted by Crippen LogP contribution is -2.30. The van der Waals surface area contributed by atoms with Gasteiger partial charge < -0.3 is 9.47 Å². The molecule has 0 unspecified atom stereocenters. The van der Waals surface area contributed by atoms with Gasteiger partial charge in [-0.05, 0) is 18.2 Å². The molecule has 1 aromatic carbocycles. The first-order valence-corrected chi connectivity index (χ1v) is 7.09. The Bertz CT molecular complexity index is 676. The standard InChI is InChI=1S/C16H19N2O3/c1-12-17(2)6-7-18(12)11-14(19)13-4-5-15-16(10-13)21-9-3-8-20-15/h4-7,10H,3,8-9,11H2,1-2H3/q+1. The smallest absolute Gasteiger partial charge is 0.253 e. The highest BCUT2D eigenvalue weighted by Gasteiger charge is 2.17. The summed E-state index contributed by atoms with van der Waals surface area (Å²) in [6, 6.07) is 5.40. The van der Waals surface area contributed by atoms with Gasteiger partial charge in [-0.15, -0.1) is 0 Å². The van der Waals surface area contributed by atoms with E-state index in [2.05, 4.69) is 0 Å². The minimum atomic E-state index is 0.0601. The lowest BCUT2D eigenvalue weighted by molar-refractivity contribution is -0.677. The number of benzene rings is 1. The van der Waals surface area contributed by atoms with Gasteiger partial charge in [0.15, 0.2) is 18.0 Å². The molecule has 5 heteroatoms. The quantitative estimate of drug-likeness (QED) is 0.637. The molecule has 0 aliphatic carbocycles. The first kappa shape index (κ1) is 13.7. The molecule has 0 amide bonds. The molecule has 0 N–H and O–H groups in total. The molecule has 21 heavy (non-hydrogen) atoms. The van der Waals surface area contributed by atoms with Crippen molar-refractivity contribution in [3.05, 3.63) is 42.0 Å². The molecule has 110 valence electrons. The average Bonchev–Trinajstić information content (AvgIpc) is 2.71. The van der Waals surface area contributed by atoms with Crippen molar-refractivity contribution in [3.63, 3.8) is 0 Å². The fourth-order valence-corrected chi connectivity index (χ4v) is 2.35. The van der Waals surface area contributed by atoms with Crippen LogP contribution < -0.4 is 14.0 Å². The third-order valence-electron chi connectivity index (χ3n) is 3.78. The first-order chi connectivity index (χ1) is 10.1. The van der Waals surface area contributed by atoms with Crippen LogP contribution in [0.2, 0.25) is 0 Å². The monoisotopic (exact) mass is 287 g/mol. The second-order valence-corrected chi connectivity index (χ2v) is 5.22. The number of nitrogens with zero attached hydrogens (tertiary/aromatic N) is 2. The Labute approximate surface area is 123 Å². The molecule has 5 nitrogen and oxygen atoms in total. The predicted molar refractivity (Wildman–Crippen MR) is 76.7 cm³/mol. The van der Waals surface area contributed by atoms with E-state index in [-0.39, 0.29) is 5.78 Å². The van der Waals surface area contributed by atoms with Crippen LogP contribution in [-0.2, 0) is 13.6 Å². The number of rotatable bonds is 3. The van der Waals surface area contributed by atoms with Gasteiger partial charge in [0.2, 0.25) is 5.78 Å². The van der Waals surface area contributed by atoms with E-state index in [4.69, 9.17) is 9.47 Å². The van der Waals surface area contributed by atoms with Crippen LogP contribution in [-0.4, -0.2) is 23.6 Å². The van der Waals surface area contributed by atoms with Gasteiger partial charge in [-0.25, -0.2) is 9.13 Å². The molecule has 2 aromatic rings. The summed E-state index contributed by atoms with van der Waals surface area (Å²) in [5.41, 5.74) is 0.648. The van der Waals surface area contributed by atoms with Crippen molar-refractivity contribution in [3.8, 4) is 11.5 Å². The van der Waals surface area contributed by atoms with E-state index in [0.29, 0.717) is 36.8 Å².